The third-order valence-corrected chi connectivity index (χ3v) is 5.43. The zero-order valence-corrected chi connectivity index (χ0v) is 16.0. The highest BCUT2D eigenvalue weighted by Gasteiger charge is 2.16. The van der Waals surface area contributed by atoms with Crippen LogP contribution in [0.15, 0.2) is 57.5 Å². The zero-order chi connectivity index (χ0) is 17.9. The Hall–Kier alpha value is -1.74. The van der Waals surface area contributed by atoms with Gasteiger partial charge in [-0.25, -0.2) is 13.1 Å². The van der Waals surface area contributed by atoms with E-state index in [9.17, 15) is 8.42 Å². The predicted molar refractivity (Wildman–Crippen MR) is 98.3 cm³/mol. The lowest BCUT2D eigenvalue weighted by Crippen LogP contribution is -2.25. The van der Waals surface area contributed by atoms with Crippen molar-refractivity contribution in [2.45, 2.75) is 12.3 Å². The molecule has 1 aromatic heterocycles. The van der Waals surface area contributed by atoms with E-state index in [-0.39, 0.29) is 18.2 Å². The van der Waals surface area contributed by atoms with E-state index in [1.807, 2.05) is 24.3 Å². The van der Waals surface area contributed by atoms with Crippen molar-refractivity contribution in [2.24, 2.45) is 0 Å². The molecule has 0 aliphatic heterocycles. The van der Waals surface area contributed by atoms with Crippen LogP contribution in [0.3, 0.4) is 0 Å². The lowest BCUT2D eigenvalue weighted by atomic mass is 10.2. The summed E-state index contributed by atoms with van der Waals surface area (Å²) in [6, 6.07) is 14.2. The highest BCUT2D eigenvalue weighted by Crippen LogP contribution is 2.20. The molecule has 9 heteroatoms. The molecule has 0 amide bonds. The van der Waals surface area contributed by atoms with Gasteiger partial charge in [0.05, 0.1) is 12.3 Å². The van der Waals surface area contributed by atoms with Crippen LogP contribution in [0.2, 0.25) is 5.02 Å². The third-order valence-electron chi connectivity index (χ3n) is 3.30. The van der Waals surface area contributed by atoms with Gasteiger partial charge in [0.25, 0.3) is 0 Å². The Morgan fingerprint density at radius 3 is 2.72 bits per heavy atom. The fourth-order valence-corrected chi connectivity index (χ4v) is 3.90. The summed E-state index contributed by atoms with van der Waals surface area (Å²) >= 11 is 9.37. The SMILES string of the molecule is O=S(=O)(Cc1ccccc1Cl)NCc1nc(-c2cccc(Br)c2)no1. The number of benzene rings is 2. The van der Waals surface area contributed by atoms with Gasteiger partial charge in [-0.05, 0) is 23.8 Å². The van der Waals surface area contributed by atoms with Gasteiger partial charge in [-0.3, -0.25) is 0 Å². The quantitative estimate of drug-likeness (QED) is 0.628. The van der Waals surface area contributed by atoms with E-state index in [0.29, 0.717) is 16.4 Å². The molecule has 0 atom stereocenters. The van der Waals surface area contributed by atoms with Gasteiger partial charge in [-0.2, -0.15) is 4.98 Å². The maximum absolute atomic E-state index is 12.2. The van der Waals surface area contributed by atoms with Crippen LogP contribution in [0, 0.1) is 0 Å². The topological polar surface area (TPSA) is 85.1 Å². The van der Waals surface area contributed by atoms with Crippen LogP contribution in [-0.2, 0) is 22.3 Å². The van der Waals surface area contributed by atoms with Gasteiger partial charge in [0, 0.05) is 15.1 Å². The smallest absolute Gasteiger partial charge is 0.242 e. The second-order valence-electron chi connectivity index (χ2n) is 5.19. The van der Waals surface area contributed by atoms with Crippen LogP contribution >= 0.6 is 27.5 Å². The van der Waals surface area contributed by atoms with E-state index >= 15 is 0 Å². The van der Waals surface area contributed by atoms with E-state index in [4.69, 9.17) is 16.1 Å². The van der Waals surface area contributed by atoms with E-state index in [1.165, 1.54) is 0 Å². The van der Waals surface area contributed by atoms with Crippen molar-refractivity contribution in [3.05, 3.63) is 69.5 Å². The summed E-state index contributed by atoms with van der Waals surface area (Å²) in [4.78, 5) is 4.20. The third kappa shape index (κ3) is 4.88. The molecule has 2 aromatic carbocycles. The largest absolute Gasteiger partial charge is 0.338 e. The van der Waals surface area contributed by atoms with Crippen molar-refractivity contribution in [1.82, 2.24) is 14.9 Å². The van der Waals surface area contributed by atoms with Crippen LogP contribution in [0.25, 0.3) is 11.4 Å². The van der Waals surface area contributed by atoms with Crippen LogP contribution in [0.5, 0.6) is 0 Å². The minimum atomic E-state index is -3.59. The molecule has 0 fully saturated rings. The van der Waals surface area contributed by atoms with Gasteiger partial charge < -0.3 is 4.52 Å². The molecule has 0 spiro atoms. The van der Waals surface area contributed by atoms with Crippen LogP contribution in [-0.4, -0.2) is 18.6 Å². The number of nitrogens with zero attached hydrogens (tertiary/aromatic N) is 2. The normalized spacial score (nSPS) is 11.6. The number of hydrogen-bond donors (Lipinski definition) is 1. The predicted octanol–water partition coefficient (Wildman–Crippen LogP) is 3.77. The highest BCUT2D eigenvalue weighted by atomic mass is 79.9. The molecule has 130 valence electrons. The lowest BCUT2D eigenvalue weighted by Gasteiger charge is -2.06. The number of hydrogen-bond acceptors (Lipinski definition) is 5. The van der Waals surface area contributed by atoms with Crippen molar-refractivity contribution in [3.63, 3.8) is 0 Å². The van der Waals surface area contributed by atoms with Crippen molar-refractivity contribution < 1.29 is 12.9 Å². The van der Waals surface area contributed by atoms with E-state index in [0.717, 1.165) is 10.0 Å². The van der Waals surface area contributed by atoms with Gasteiger partial charge in [0.2, 0.25) is 21.7 Å². The standard InChI is InChI=1S/C16H13BrClN3O3S/c17-13-6-3-5-11(8-13)16-20-15(24-21-16)9-19-25(22,23)10-12-4-1-2-7-14(12)18/h1-8,19H,9-10H2. The Morgan fingerprint density at radius 1 is 1.16 bits per heavy atom. The van der Waals surface area contributed by atoms with Gasteiger partial charge in [0.1, 0.15) is 0 Å². The molecule has 0 aliphatic carbocycles. The molecule has 1 N–H and O–H groups in total. The van der Waals surface area contributed by atoms with Gasteiger partial charge >= 0.3 is 0 Å². The van der Waals surface area contributed by atoms with Crippen LogP contribution < -0.4 is 4.72 Å². The molecular weight excluding hydrogens is 430 g/mol. The van der Waals surface area contributed by atoms with Gasteiger partial charge in [-0.15, -0.1) is 0 Å². The van der Waals surface area contributed by atoms with Crippen molar-refractivity contribution in [3.8, 4) is 11.4 Å². The summed E-state index contributed by atoms with van der Waals surface area (Å²) in [6.45, 7) is -0.0895. The minimum Gasteiger partial charge on any atom is -0.338 e. The number of aromatic nitrogens is 2. The molecule has 25 heavy (non-hydrogen) atoms. The van der Waals surface area contributed by atoms with Gasteiger partial charge in [0.15, 0.2) is 0 Å². The number of sulfonamides is 1. The maximum Gasteiger partial charge on any atom is 0.242 e. The molecule has 0 radical (unpaired) electrons. The molecule has 0 aliphatic rings. The molecular formula is C16H13BrClN3O3S. The molecule has 1 heterocycles. The summed E-state index contributed by atoms with van der Waals surface area (Å²) in [5, 5.41) is 4.27. The lowest BCUT2D eigenvalue weighted by molar-refractivity contribution is 0.376. The monoisotopic (exact) mass is 441 g/mol. The highest BCUT2D eigenvalue weighted by molar-refractivity contribution is 9.10. The average Bonchev–Trinajstić information content (AvgIpc) is 3.04. The number of halogens is 2. The van der Waals surface area contributed by atoms with E-state index in [1.54, 1.807) is 24.3 Å². The van der Waals surface area contributed by atoms with Crippen molar-refractivity contribution in [2.75, 3.05) is 0 Å². The van der Waals surface area contributed by atoms with E-state index in [2.05, 4.69) is 30.8 Å². The Morgan fingerprint density at radius 2 is 1.96 bits per heavy atom. The maximum atomic E-state index is 12.2. The minimum absolute atomic E-state index is 0.0895. The number of nitrogens with one attached hydrogen (secondary N) is 1. The molecule has 0 bridgehead atoms. The fourth-order valence-electron chi connectivity index (χ4n) is 2.11. The first-order valence-electron chi connectivity index (χ1n) is 7.22. The summed E-state index contributed by atoms with van der Waals surface area (Å²) in [6.07, 6.45) is 0. The fraction of sp³-hybridized carbons (Fsp3) is 0.125. The molecule has 0 saturated carbocycles. The van der Waals surface area contributed by atoms with Gasteiger partial charge in [-0.1, -0.05) is 63.0 Å². The Kier molecular flexibility index (Phi) is 5.53. The van der Waals surface area contributed by atoms with Crippen molar-refractivity contribution in [1.29, 1.82) is 0 Å². The number of rotatable bonds is 6. The van der Waals surface area contributed by atoms with Crippen LogP contribution in [0.4, 0.5) is 0 Å². The summed E-state index contributed by atoms with van der Waals surface area (Å²) in [5.74, 6) is 0.346. The summed E-state index contributed by atoms with van der Waals surface area (Å²) < 4.78 is 32.8. The molecule has 0 saturated heterocycles. The first-order valence-corrected chi connectivity index (χ1v) is 10.0. The summed E-state index contributed by atoms with van der Waals surface area (Å²) in [5.41, 5.74) is 1.29. The van der Waals surface area contributed by atoms with E-state index < -0.39 is 10.0 Å². The molecule has 0 unspecified atom stereocenters. The first kappa shape index (κ1) is 18.1. The Labute approximate surface area is 158 Å². The Bertz CT molecular complexity index is 992. The zero-order valence-electron chi connectivity index (χ0n) is 12.8. The van der Waals surface area contributed by atoms with Crippen LogP contribution in [0.1, 0.15) is 11.5 Å². The van der Waals surface area contributed by atoms with Crippen molar-refractivity contribution >= 4 is 37.6 Å². The molecule has 6 nitrogen and oxygen atoms in total. The summed E-state index contributed by atoms with van der Waals surface area (Å²) in [7, 11) is -3.59. The molecule has 3 rings (SSSR count). The second kappa shape index (κ2) is 7.65. The molecule has 3 aromatic rings. The average molecular weight is 443 g/mol. The Balaban J connectivity index is 1.66. The second-order valence-corrected chi connectivity index (χ2v) is 8.32. The first-order chi connectivity index (χ1) is 11.9.